The Labute approximate surface area is 129 Å². The van der Waals surface area contributed by atoms with Gasteiger partial charge in [0.1, 0.15) is 6.61 Å². The maximum absolute atomic E-state index is 12.2. The second-order valence-corrected chi connectivity index (χ2v) is 5.58. The molecule has 2 aromatic rings. The number of aromatic nitrogens is 1. The number of benzene rings is 1. The van der Waals surface area contributed by atoms with Crippen molar-refractivity contribution < 1.29 is 9.53 Å². The molecule has 1 aromatic heterocycles. The third-order valence-electron chi connectivity index (χ3n) is 3.94. The van der Waals surface area contributed by atoms with Crippen molar-refractivity contribution in [2.75, 3.05) is 13.1 Å². The van der Waals surface area contributed by atoms with Gasteiger partial charge in [0.05, 0.1) is 11.2 Å². The summed E-state index contributed by atoms with van der Waals surface area (Å²) in [6, 6.07) is 15.3. The summed E-state index contributed by atoms with van der Waals surface area (Å²) >= 11 is 0. The summed E-state index contributed by atoms with van der Waals surface area (Å²) in [7, 11) is 0. The van der Waals surface area contributed by atoms with Crippen molar-refractivity contribution in [2.24, 2.45) is 5.73 Å². The minimum atomic E-state index is -0.590. The van der Waals surface area contributed by atoms with Crippen LogP contribution < -0.4 is 5.73 Å². The Hall–Kier alpha value is -2.40. The molecule has 22 heavy (non-hydrogen) atoms. The molecule has 3 rings (SSSR count). The van der Waals surface area contributed by atoms with Gasteiger partial charge < -0.3 is 15.4 Å². The summed E-state index contributed by atoms with van der Waals surface area (Å²) in [5.41, 5.74) is 7.60. The molecule has 0 saturated carbocycles. The maximum atomic E-state index is 12.2. The molecule has 1 fully saturated rings. The number of rotatable bonds is 3. The minimum absolute atomic E-state index is 0.275. The zero-order valence-corrected chi connectivity index (χ0v) is 12.3. The number of ether oxygens (including phenoxy) is 1. The lowest BCUT2D eigenvalue weighted by Crippen LogP contribution is -2.41. The number of hydrogen-bond donors (Lipinski definition) is 1. The fourth-order valence-electron chi connectivity index (χ4n) is 2.67. The number of pyridine rings is 1. The van der Waals surface area contributed by atoms with Crippen LogP contribution in [-0.2, 0) is 16.9 Å². The molecular weight excluding hydrogens is 278 g/mol. The number of nitrogens with two attached hydrogens (primary N) is 1. The second-order valence-electron chi connectivity index (χ2n) is 5.58. The van der Waals surface area contributed by atoms with E-state index in [1.54, 1.807) is 11.1 Å². The van der Waals surface area contributed by atoms with E-state index in [9.17, 15) is 4.79 Å². The highest BCUT2D eigenvalue weighted by Gasteiger charge is 2.39. The number of likely N-dealkylation sites (tertiary alicyclic amines) is 1. The molecule has 0 bridgehead atoms. The van der Waals surface area contributed by atoms with Crippen LogP contribution in [0.25, 0.3) is 0 Å². The van der Waals surface area contributed by atoms with E-state index in [4.69, 9.17) is 10.5 Å². The molecule has 1 unspecified atom stereocenters. The first-order chi connectivity index (χ1) is 10.7. The Bertz CT molecular complexity index is 633. The molecule has 1 aliphatic heterocycles. The third-order valence-corrected chi connectivity index (χ3v) is 3.94. The van der Waals surface area contributed by atoms with Gasteiger partial charge >= 0.3 is 6.09 Å². The number of hydrogen-bond acceptors (Lipinski definition) is 4. The van der Waals surface area contributed by atoms with Gasteiger partial charge in [-0.05, 0) is 24.1 Å². The quantitative estimate of drug-likeness (QED) is 0.943. The zero-order chi connectivity index (χ0) is 15.4. The van der Waals surface area contributed by atoms with E-state index < -0.39 is 5.54 Å². The average Bonchev–Trinajstić information content (AvgIpc) is 2.98. The Balaban J connectivity index is 1.59. The summed E-state index contributed by atoms with van der Waals surface area (Å²) in [5, 5.41) is 0. The summed E-state index contributed by atoms with van der Waals surface area (Å²) in [5.74, 6) is 0. The van der Waals surface area contributed by atoms with Crippen molar-refractivity contribution in [2.45, 2.75) is 18.6 Å². The Morgan fingerprint density at radius 3 is 2.73 bits per heavy atom. The van der Waals surface area contributed by atoms with Gasteiger partial charge in [0.15, 0.2) is 0 Å². The second kappa shape index (κ2) is 6.15. The van der Waals surface area contributed by atoms with E-state index in [-0.39, 0.29) is 12.7 Å². The van der Waals surface area contributed by atoms with E-state index in [0.29, 0.717) is 19.5 Å². The zero-order valence-electron chi connectivity index (χ0n) is 12.3. The lowest BCUT2D eigenvalue weighted by atomic mass is 9.95. The van der Waals surface area contributed by atoms with Gasteiger partial charge in [0.25, 0.3) is 0 Å². The van der Waals surface area contributed by atoms with E-state index in [0.717, 1.165) is 11.3 Å². The molecule has 0 aliphatic carbocycles. The topological polar surface area (TPSA) is 68.5 Å². The molecule has 0 radical (unpaired) electrons. The smallest absolute Gasteiger partial charge is 0.410 e. The molecule has 1 amide bonds. The number of carbonyl (C=O) groups is 1. The van der Waals surface area contributed by atoms with Crippen LogP contribution in [0, 0.1) is 0 Å². The van der Waals surface area contributed by atoms with Crippen molar-refractivity contribution in [3.05, 3.63) is 66.0 Å². The molecule has 5 heteroatoms. The van der Waals surface area contributed by atoms with Crippen LogP contribution >= 0.6 is 0 Å². The molecule has 0 spiro atoms. The number of amides is 1. The maximum Gasteiger partial charge on any atom is 0.410 e. The van der Waals surface area contributed by atoms with Gasteiger partial charge in [-0.15, -0.1) is 0 Å². The van der Waals surface area contributed by atoms with E-state index in [2.05, 4.69) is 4.98 Å². The van der Waals surface area contributed by atoms with Crippen LogP contribution in [0.5, 0.6) is 0 Å². The highest BCUT2D eigenvalue weighted by atomic mass is 16.6. The van der Waals surface area contributed by atoms with Gasteiger partial charge in [0, 0.05) is 19.3 Å². The van der Waals surface area contributed by atoms with Crippen LogP contribution in [0.15, 0.2) is 54.7 Å². The van der Waals surface area contributed by atoms with Gasteiger partial charge in [-0.3, -0.25) is 4.98 Å². The Morgan fingerprint density at radius 1 is 1.23 bits per heavy atom. The monoisotopic (exact) mass is 297 g/mol. The van der Waals surface area contributed by atoms with Crippen molar-refractivity contribution in [1.82, 2.24) is 9.88 Å². The third kappa shape index (κ3) is 3.09. The van der Waals surface area contributed by atoms with E-state index in [1.165, 1.54) is 0 Å². The van der Waals surface area contributed by atoms with Crippen LogP contribution in [0.4, 0.5) is 4.79 Å². The van der Waals surface area contributed by atoms with Gasteiger partial charge in [-0.2, -0.15) is 0 Å². The molecule has 2 N–H and O–H groups in total. The molecule has 2 heterocycles. The highest BCUT2D eigenvalue weighted by molar-refractivity contribution is 5.68. The fourth-order valence-corrected chi connectivity index (χ4v) is 2.67. The molecule has 1 aromatic carbocycles. The summed E-state index contributed by atoms with van der Waals surface area (Å²) in [6.45, 7) is 1.29. The van der Waals surface area contributed by atoms with Crippen LogP contribution in [0.3, 0.4) is 0 Å². The summed E-state index contributed by atoms with van der Waals surface area (Å²) in [4.78, 5) is 18.1. The average molecular weight is 297 g/mol. The number of nitrogens with zero attached hydrogens (tertiary/aromatic N) is 2. The normalized spacial score (nSPS) is 20.9. The first kappa shape index (κ1) is 14.5. The SMILES string of the molecule is NC1(c2ccccn2)CCN(C(=O)OCc2ccccc2)C1. The van der Waals surface area contributed by atoms with Crippen LogP contribution in [0.1, 0.15) is 17.7 Å². The van der Waals surface area contributed by atoms with Gasteiger partial charge in [0.2, 0.25) is 0 Å². The van der Waals surface area contributed by atoms with Crippen molar-refractivity contribution >= 4 is 6.09 Å². The first-order valence-corrected chi connectivity index (χ1v) is 7.33. The predicted octanol–water partition coefficient (Wildman–Crippen LogP) is 2.28. The minimum Gasteiger partial charge on any atom is -0.445 e. The van der Waals surface area contributed by atoms with Gasteiger partial charge in [-0.25, -0.2) is 4.79 Å². The standard InChI is InChI=1S/C17H19N3O2/c18-17(15-8-4-5-10-19-15)9-11-20(13-17)16(21)22-12-14-6-2-1-3-7-14/h1-8,10H,9,11-13,18H2. The Morgan fingerprint density at radius 2 is 2.00 bits per heavy atom. The predicted molar refractivity (Wildman–Crippen MR) is 82.9 cm³/mol. The molecule has 5 nitrogen and oxygen atoms in total. The Kier molecular flexibility index (Phi) is 4.06. The van der Waals surface area contributed by atoms with Crippen molar-refractivity contribution in [3.63, 3.8) is 0 Å². The largest absolute Gasteiger partial charge is 0.445 e. The van der Waals surface area contributed by atoms with Crippen molar-refractivity contribution in [3.8, 4) is 0 Å². The lowest BCUT2D eigenvalue weighted by Gasteiger charge is -2.23. The summed E-state index contributed by atoms with van der Waals surface area (Å²) in [6.07, 6.45) is 2.08. The summed E-state index contributed by atoms with van der Waals surface area (Å²) < 4.78 is 5.35. The highest BCUT2D eigenvalue weighted by Crippen LogP contribution is 2.28. The molecular formula is C17H19N3O2. The first-order valence-electron chi connectivity index (χ1n) is 7.33. The van der Waals surface area contributed by atoms with Crippen molar-refractivity contribution in [1.29, 1.82) is 0 Å². The van der Waals surface area contributed by atoms with Crippen LogP contribution in [-0.4, -0.2) is 29.1 Å². The van der Waals surface area contributed by atoms with Gasteiger partial charge in [-0.1, -0.05) is 36.4 Å². The molecule has 1 saturated heterocycles. The molecule has 1 atom stereocenters. The number of carbonyl (C=O) groups excluding carboxylic acids is 1. The van der Waals surface area contributed by atoms with E-state index in [1.807, 2.05) is 48.5 Å². The lowest BCUT2D eigenvalue weighted by molar-refractivity contribution is 0.102. The van der Waals surface area contributed by atoms with Crippen LogP contribution in [0.2, 0.25) is 0 Å². The fraction of sp³-hybridized carbons (Fsp3) is 0.294. The molecule has 114 valence electrons. The molecule has 1 aliphatic rings. The van der Waals surface area contributed by atoms with E-state index >= 15 is 0 Å².